The quantitative estimate of drug-likeness (QED) is 0.794. The van der Waals surface area contributed by atoms with E-state index in [4.69, 9.17) is 11.6 Å². The van der Waals surface area contributed by atoms with E-state index in [1.54, 1.807) is 0 Å². The number of hydrogen-bond acceptors (Lipinski definition) is 2. The van der Waals surface area contributed by atoms with E-state index in [-0.39, 0.29) is 0 Å². The second kappa shape index (κ2) is 6.15. The molecule has 3 heteroatoms. The Balaban J connectivity index is 2.15. The summed E-state index contributed by atoms with van der Waals surface area (Å²) >= 11 is 6.24. The van der Waals surface area contributed by atoms with Crippen molar-refractivity contribution in [3.8, 4) is 0 Å². The lowest BCUT2D eigenvalue weighted by molar-refractivity contribution is 0.420. The normalized spacial score (nSPS) is 13.5. The molecule has 2 nitrogen and oxygen atoms in total. The van der Waals surface area contributed by atoms with E-state index in [0.29, 0.717) is 0 Å². The fourth-order valence-electron chi connectivity index (χ4n) is 2.91. The second-order valence-electron chi connectivity index (χ2n) is 6.00. The maximum Gasteiger partial charge on any atom is 0.0499 e. The van der Waals surface area contributed by atoms with Gasteiger partial charge in [0.05, 0.1) is 0 Å². The van der Waals surface area contributed by atoms with Crippen LogP contribution in [-0.2, 0) is 0 Å². The highest BCUT2D eigenvalue weighted by Crippen LogP contribution is 2.40. The number of benzene rings is 2. The Morgan fingerprint density at radius 1 is 1.05 bits per heavy atom. The number of fused-ring (bicyclic) bond motifs is 2. The Labute approximate surface area is 137 Å². The van der Waals surface area contributed by atoms with Gasteiger partial charge < -0.3 is 9.80 Å². The molecule has 0 unspecified atom stereocenters. The maximum atomic E-state index is 6.24. The molecule has 22 heavy (non-hydrogen) atoms. The van der Waals surface area contributed by atoms with Gasteiger partial charge in [0.2, 0.25) is 0 Å². The van der Waals surface area contributed by atoms with Gasteiger partial charge in [0.15, 0.2) is 0 Å². The van der Waals surface area contributed by atoms with Gasteiger partial charge in [-0.15, -0.1) is 0 Å². The molecular weight excluding hydrogens is 292 g/mol. The molecule has 1 aliphatic rings. The zero-order valence-corrected chi connectivity index (χ0v) is 14.1. The minimum Gasteiger partial charge on any atom is -0.344 e. The van der Waals surface area contributed by atoms with Crippen LogP contribution in [0.4, 0.5) is 11.4 Å². The van der Waals surface area contributed by atoms with Crippen molar-refractivity contribution in [2.75, 3.05) is 32.6 Å². The van der Waals surface area contributed by atoms with Gasteiger partial charge in [-0.3, -0.25) is 0 Å². The van der Waals surface area contributed by atoms with Gasteiger partial charge in [-0.25, -0.2) is 0 Å². The van der Waals surface area contributed by atoms with E-state index in [1.165, 1.54) is 28.1 Å². The molecule has 0 radical (unpaired) electrons. The van der Waals surface area contributed by atoms with Crippen molar-refractivity contribution in [1.29, 1.82) is 0 Å². The molecule has 114 valence electrons. The summed E-state index contributed by atoms with van der Waals surface area (Å²) in [6.45, 7) is 1.03. The third-order valence-electron chi connectivity index (χ3n) is 4.12. The minimum absolute atomic E-state index is 0.775. The molecule has 0 fully saturated rings. The van der Waals surface area contributed by atoms with Crippen LogP contribution in [0, 0.1) is 0 Å². The summed E-state index contributed by atoms with van der Waals surface area (Å²) in [5.74, 6) is 0. The zero-order chi connectivity index (χ0) is 15.7. The first-order chi connectivity index (χ1) is 10.6. The van der Waals surface area contributed by atoms with Crippen molar-refractivity contribution >= 4 is 34.6 Å². The Morgan fingerprint density at radius 3 is 2.59 bits per heavy atom. The Morgan fingerprint density at radius 2 is 1.82 bits per heavy atom. The van der Waals surface area contributed by atoms with Crippen LogP contribution in [0.3, 0.4) is 0 Å². The van der Waals surface area contributed by atoms with Crippen LogP contribution in [-0.4, -0.2) is 32.6 Å². The zero-order valence-electron chi connectivity index (χ0n) is 13.3. The van der Waals surface area contributed by atoms with E-state index in [0.717, 1.165) is 18.0 Å². The highest BCUT2D eigenvalue weighted by Gasteiger charge is 2.19. The molecule has 0 aromatic heterocycles. The summed E-state index contributed by atoms with van der Waals surface area (Å²) in [6.07, 6.45) is 3.33. The summed E-state index contributed by atoms with van der Waals surface area (Å²) in [6, 6.07) is 14.7. The van der Waals surface area contributed by atoms with Gasteiger partial charge in [-0.05, 0) is 55.9 Å². The number of rotatable bonds is 3. The molecule has 0 saturated carbocycles. The summed E-state index contributed by atoms with van der Waals surface area (Å²) < 4.78 is 0. The van der Waals surface area contributed by atoms with Crippen LogP contribution in [0.15, 0.2) is 42.5 Å². The lowest BCUT2D eigenvalue weighted by Crippen LogP contribution is -2.14. The molecule has 1 aliphatic heterocycles. The number of para-hydroxylation sites is 1. The molecule has 0 spiro atoms. The van der Waals surface area contributed by atoms with Gasteiger partial charge in [0, 0.05) is 35.6 Å². The van der Waals surface area contributed by atoms with Crippen LogP contribution < -0.4 is 4.90 Å². The fourth-order valence-corrected chi connectivity index (χ4v) is 3.08. The first kappa shape index (κ1) is 15.1. The van der Waals surface area contributed by atoms with Crippen molar-refractivity contribution < 1.29 is 0 Å². The molecule has 0 amide bonds. The van der Waals surface area contributed by atoms with Gasteiger partial charge in [0.1, 0.15) is 0 Å². The van der Waals surface area contributed by atoms with E-state index in [2.05, 4.69) is 73.4 Å². The monoisotopic (exact) mass is 312 g/mol. The van der Waals surface area contributed by atoms with Gasteiger partial charge in [0.25, 0.3) is 0 Å². The van der Waals surface area contributed by atoms with Crippen molar-refractivity contribution in [2.24, 2.45) is 0 Å². The summed E-state index contributed by atoms with van der Waals surface area (Å²) in [7, 11) is 6.33. The SMILES string of the molecule is CN(C)CCC1=Cc2ccccc2N(C)c2cc(Cl)ccc21. The fraction of sp³-hybridized carbons (Fsp3) is 0.263. The lowest BCUT2D eigenvalue weighted by atomic mass is 9.99. The first-order valence-corrected chi connectivity index (χ1v) is 7.92. The summed E-state index contributed by atoms with van der Waals surface area (Å²) in [5.41, 5.74) is 6.27. The van der Waals surface area contributed by atoms with E-state index in [9.17, 15) is 0 Å². The summed E-state index contributed by atoms with van der Waals surface area (Å²) in [5, 5.41) is 0.775. The van der Waals surface area contributed by atoms with Gasteiger partial charge in [-0.2, -0.15) is 0 Å². The molecule has 2 aromatic carbocycles. The van der Waals surface area contributed by atoms with Crippen LogP contribution in [0.1, 0.15) is 17.5 Å². The Kier molecular flexibility index (Phi) is 4.23. The topological polar surface area (TPSA) is 6.48 Å². The smallest absolute Gasteiger partial charge is 0.0499 e. The lowest BCUT2D eigenvalue weighted by Gasteiger charge is -2.23. The molecule has 0 N–H and O–H groups in total. The van der Waals surface area contributed by atoms with Crippen molar-refractivity contribution in [1.82, 2.24) is 4.90 Å². The highest BCUT2D eigenvalue weighted by atomic mass is 35.5. The Bertz CT molecular complexity index is 719. The van der Waals surface area contributed by atoms with Gasteiger partial charge >= 0.3 is 0 Å². The molecule has 2 aromatic rings. The predicted octanol–water partition coefficient (Wildman–Crippen LogP) is 4.91. The molecule has 0 aliphatic carbocycles. The number of anilines is 2. The number of nitrogens with zero attached hydrogens (tertiary/aromatic N) is 2. The van der Waals surface area contributed by atoms with Crippen molar-refractivity contribution in [2.45, 2.75) is 6.42 Å². The minimum atomic E-state index is 0.775. The molecule has 0 saturated heterocycles. The third-order valence-corrected chi connectivity index (χ3v) is 4.36. The van der Waals surface area contributed by atoms with Crippen molar-refractivity contribution in [3.05, 3.63) is 58.6 Å². The van der Waals surface area contributed by atoms with Crippen LogP contribution in [0.2, 0.25) is 5.02 Å². The molecule has 0 atom stereocenters. The number of hydrogen-bond donors (Lipinski definition) is 0. The highest BCUT2D eigenvalue weighted by molar-refractivity contribution is 6.31. The average Bonchev–Trinajstić information content (AvgIpc) is 2.61. The maximum absolute atomic E-state index is 6.24. The average molecular weight is 313 g/mol. The van der Waals surface area contributed by atoms with E-state index >= 15 is 0 Å². The first-order valence-electron chi connectivity index (χ1n) is 7.54. The van der Waals surface area contributed by atoms with Gasteiger partial charge in [-0.1, -0.05) is 35.9 Å². The number of halogens is 1. The molecule has 1 heterocycles. The molecule has 0 bridgehead atoms. The van der Waals surface area contributed by atoms with E-state index < -0.39 is 0 Å². The van der Waals surface area contributed by atoms with Crippen LogP contribution in [0.25, 0.3) is 11.6 Å². The molecule has 3 rings (SSSR count). The third kappa shape index (κ3) is 2.90. The van der Waals surface area contributed by atoms with Crippen molar-refractivity contribution in [3.63, 3.8) is 0 Å². The van der Waals surface area contributed by atoms with E-state index in [1.807, 2.05) is 6.07 Å². The van der Waals surface area contributed by atoms with Crippen LogP contribution >= 0.6 is 11.6 Å². The molecular formula is C19H21ClN2. The predicted molar refractivity (Wildman–Crippen MR) is 97.0 cm³/mol. The standard InChI is InChI=1S/C19H21ClN2/c1-21(2)11-10-14-12-15-6-4-5-7-18(15)22(3)19-13-16(20)8-9-17(14)19/h4-9,12-13H,10-11H2,1-3H3. The Hall–Kier alpha value is -1.77. The largest absolute Gasteiger partial charge is 0.344 e. The van der Waals surface area contributed by atoms with Crippen LogP contribution in [0.5, 0.6) is 0 Å². The summed E-state index contributed by atoms with van der Waals surface area (Å²) in [4.78, 5) is 4.45. The second-order valence-corrected chi connectivity index (χ2v) is 6.44.